The SMILES string of the molecule is Cc1cccc(-c2nc(C(=O)Nc3nnn[nH]3)cs2)c1. The number of thiazole rings is 1. The molecular formula is C12H10N6OS. The standard InChI is InChI=1S/C12H10N6OS/c1-7-3-2-4-8(5-7)11-13-9(6-20-11)10(19)14-12-15-17-18-16-12/h2-6H,1H3,(H2,14,15,16,17,18,19). The molecule has 8 heteroatoms. The zero-order valence-electron chi connectivity index (χ0n) is 10.5. The van der Waals surface area contributed by atoms with Gasteiger partial charge in [-0.3, -0.25) is 10.1 Å². The van der Waals surface area contributed by atoms with E-state index in [4.69, 9.17) is 0 Å². The molecule has 3 aromatic rings. The average Bonchev–Trinajstić information content (AvgIpc) is 3.09. The molecule has 0 radical (unpaired) electrons. The minimum absolute atomic E-state index is 0.195. The van der Waals surface area contributed by atoms with Gasteiger partial charge in [0.15, 0.2) is 0 Å². The minimum atomic E-state index is -0.348. The van der Waals surface area contributed by atoms with Crippen LogP contribution in [-0.2, 0) is 0 Å². The van der Waals surface area contributed by atoms with Crippen LogP contribution in [0.15, 0.2) is 29.6 Å². The van der Waals surface area contributed by atoms with Crippen LogP contribution in [0.2, 0.25) is 0 Å². The number of aryl methyl sites for hydroxylation is 1. The molecule has 3 rings (SSSR count). The number of benzene rings is 1. The number of nitrogens with one attached hydrogen (secondary N) is 2. The number of carbonyl (C=O) groups is 1. The number of hydrogen-bond donors (Lipinski definition) is 2. The Labute approximate surface area is 118 Å². The highest BCUT2D eigenvalue weighted by Gasteiger charge is 2.13. The van der Waals surface area contributed by atoms with Crippen LogP contribution in [0, 0.1) is 6.92 Å². The van der Waals surface area contributed by atoms with Crippen molar-refractivity contribution in [3.05, 3.63) is 40.9 Å². The first-order valence-corrected chi connectivity index (χ1v) is 6.68. The van der Waals surface area contributed by atoms with Gasteiger partial charge in [-0.1, -0.05) is 28.9 Å². The molecular weight excluding hydrogens is 276 g/mol. The lowest BCUT2D eigenvalue weighted by atomic mass is 10.1. The molecule has 0 atom stereocenters. The summed E-state index contributed by atoms with van der Waals surface area (Å²) < 4.78 is 0. The number of rotatable bonds is 3. The Morgan fingerprint density at radius 3 is 3.05 bits per heavy atom. The third kappa shape index (κ3) is 2.54. The summed E-state index contributed by atoms with van der Waals surface area (Å²) in [6.45, 7) is 2.02. The lowest BCUT2D eigenvalue weighted by molar-refractivity contribution is 0.102. The second kappa shape index (κ2) is 5.17. The molecule has 0 saturated heterocycles. The third-order valence-electron chi connectivity index (χ3n) is 2.58. The van der Waals surface area contributed by atoms with E-state index < -0.39 is 0 Å². The molecule has 0 spiro atoms. The molecule has 0 fully saturated rings. The Morgan fingerprint density at radius 2 is 2.30 bits per heavy atom. The van der Waals surface area contributed by atoms with Crippen molar-refractivity contribution in [2.45, 2.75) is 6.92 Å². The summed E-state index contributed by atoms with van der Waals surface area (Å²) in [5, 5.41) is 17.8. The summed E-state index contributed by atoms with van der Waals surface area (Å²) in [5.41, 5.74) is 2.48. The Hall–Kier alpha value is -2.61. The van der Waals surface area contributed by atoms with E-state index >= 15 is 0 Å². The van der Waals surface area contributed by atoms with Gasteiger partial charge >= 0.3 is 0 Å². The number of aromatic amines is 1. The zero-order chi connectivity index (χ0) is 13.9. The molecule has 0 aliphatic heterocycles. The van der Waals surface area contributed by atoms with E-state index in [9.17, 15) is 4.79 Å². The molecule has 2 heterocycles. The number of anilines is 1. The molecule has 0 bridgehead atoms. The van der Waals surface area contributed by atoms with Gasteiger partial charge in [0.25, 0.3) is 5.91 Å². The summed E-state index contributed by atoms with van der Waals surface area (Å²) in [4.78, 5) is 16.3. The second-order valence-corrected chi connectivity index (χ2v) is 4.97. The van der Waals surface area contributed by atoms with Crippen molar-refractivity contribution >= 4 is 23.2 Å². The fraction of sp³-hybridized carbons (Fsp3) is 0.0833. The van der Waals surface area contributed by atoms with Crippen LogP contribution in [0.3, 0.4) is 0 Å². The zero-order valence-corrected chi connectivity index (χ0v) is 11.3. The van der Waals surface area contributed by atoms with Gasteiger partial charge in [-0.25, -0.2) is 10.1 Å². The van der Waals surface area contributed by atoms with E-state index in [1.807, 2.05) is 31.2 Å². The number of tetrazole rings is 1. The average molecular weight is 286 g/mol. The van der Waals surface area contributed by atoms with Gasteiger partial charge in [-0.2, -0.15) is 0 Å². The smallest absolute Gasteiger partial charge is 0.277 e. The van der Waals surface area contributed by atoms with Crippen molar-refractivity contribution in [3.8, 4) is 10.6 Å². The predicted molar refractivity (Wildman–Crippen MR) is 74.4 cm³/mol. The lowest BCUT2D eigenvalue weighted by Crippen LogP contribution is -2.13. The number of nitrogens with zero attached hydrogens (tertiary/aromatic N) is 4. The Morgan fingerprint density at radius 1 is 1.40 bits per heavy atom. The largest absolute Gasteiger partial charge is 0.288 e. The Kier molecular flexibility index (Phi) is 3.21. The number of aromatic nitrogens is 5. The minimum Gasteiger partial charge on any atom is -0.288 e. The van der Waals surface area contributed by atoms with Crippen molar-refractivity contribution in [1.29, 1.82) is 0 Å². The van der Waals surface area contributed by atoms with E-state index in [0.717, 1.165) is 16.1 Å². The van der Waals surface area contributed by atoms with Crippen LogP contribution in [-0.4, -0.2) is 31.5 Å². The number of carbonyl (C=O) groups excluding carboxylic acids is 1. The van der Waals surface area contributed by atoms with E-state index in [1.165, 1.54) is 11.3 Å². The van der Waals surface area contributed by atoms with Crippen molar-refractivity contribution < 1.29 is 4.79 Å². The molecule has 0 aliphatic rings. The van der Waals surface area contributed by atoms with Gasteiger partial charge in [-0.15, -0.1) is 11.3 Å². The molecule has 1 aromatic carbocycles. The van der Waals surface area contributed by atoms with Gasteiger partial charge in [0.1, 0.15) is 10.7 Å². The fourth-order valence-electron chi connectivity index (χ4n) is 1.67. The van der Waals surface area contributed by atoms with Gasteiger partial charge in [0.2, 0.25) is 5.95 Å². The molecule has 100 valence electrons. The van der Waals surface area contributed by atoms with E-state index in [0.29, 0.717) is 5.69 Å². The van der Waals surface area contributed by atoms with Crippen molar-refractivity contribution in [1.82, 2.24) is 25.6 Å². The monoisotopic (exact) mass is 286 g/mol. The van der Waals surface area contributed by atoms with Crippen molar-refractivity contribution in [2.75, 3.05) is 5.32 Å². The van der Waals surface area contributed by atoms with Crippen LogP contribution in [0.5, 0.6) is 0 Å². The maximum Gasteiger partial charge on any atom is 0.277 e. The van der Waals surface area contributed by atoms with Gasteiger partial charge < -0.3 is 0 Å². The normalized spacial score (nSPS) is 10.4. The molecule has 2 N–H and O–H groups in total. The van der Waals surface area contributed by atoms with Gasteiger partial charge in [-0.05, 0) is 23.4 Å². The summed E-state index contributed by atoms with van der Waals surface area (Å²) in [5.74, 6) is -0.154. The number of H-pyrrole nitrogens is 1. The lowest BCUT2D eigenvalue weighted by Gasteiger charge is -1.98. The highest BCUT2D eigenvalue weighted by molar-refractivity contribution is 7.13. The predicted octanol–water partition coefficient (Wildman–Crippen LogP) is 1.88. The maximum absolute atomic E-state index is 11.9. The second-order valence-electron chi connectivity index (χ2n) is 4.11. The molecule has 2 aromatic heterocycles. The van der Waals surface area contributed by atoms with Gasteiger partial charge in [0, 0.05) is 10.9 Å². The van der Waals surface area contributed by atoms with Crippen LogP contribution < -0.4 is 5.32 Å². The summed E-state index contributed by atoms with van der Waals surface area (Å²) in [7, 11) is 0. The maximum atomic E-state index is 11.9. The molecule has 0 unspecified atom stereocenters. The highest BCUT2D eigenvalue weighted by atomic mass is 32.1. The summed E-state index contributed by atoms with van der Waals surface area (Å²) in [6.07, 6.45) is 0. The molecule has 0 aliphatic carbocycles. The van der Waals surface area contributed by atoms with Crippen LogP contribution in [0.25, 0.3) is 10.6 Å². The quantitative estimate of drug-likeness (QED) is 0.766. The van der Waals surface area contributed by atoms with Crippen LogP contribution in [0.1, 0.15) is 16.1 Å². The van der Waals surface area contributed by atoms with E-state index in [1.54, 1.807) is 5.38 Å². The van der Waals surface area contributed by atoms with Crippen LogP contribution in [0.4, 0.5) is 5.95 Å². The Balaban J connectivity index is 1.81. The number of hydrogen-bond acceptors (Lipinski definition) is 6. The molecule has 1 amide bonds. The third-order valence-corrected chi connectivity index (χ3v) is 3.47. The Bertz CT molecular complexity index is 736. The fourth-order valence-corrected chi connectivity index (χ4v) is 2.47. The first kappa shape index (κ1) is 12.4. The number of amides is 1. The first-order chi connectivity index (χ1) is 9.72. The van der Waals surface area contributed by atoms with Crippen molar-refractivity contribution in [3.63, 3.8) is 0 Å². The van der Waals surface area contributed by atoms with Crippen molar-refractivity contribution in [2.24, 2.45) is 0 Å². The van der Waals surface area contributed by atoms with E-state index in [2.05, 4.69) is 30.9 Å². The molecule has 20 heavy (non-hydrogen) atoms. The summed E-state index contributed by atoms with van der Waals surface area (Å²) in [6, 6.07) is 7.97. The van der Waals surface area contributed by atoms with E-state index in [-0.39, 0.29) is 11.9 Å². The molecule has 7 nitrogen and oxygen atoms in total. The molecule has 0 saturated carbocycles. The van der Waals surface area contributed by atoms with Crippen LogP contribution >= 0.6 is 11.3 Å². The van der Waals surface area contributed by atoms with Gasteiger partial charge in [0.05, 0.1) is 0 Å². The topological polar surface area (TPSA) is 96.5 Å². The summed E-state index contributed by atoms with van der Waals surface area (Å²) >= 11 is 1.42. The highest BCUT2D eigenvalue weighted by Crippen LogP contribution is 2.24. The first-order valence-electron chi connectivity index (χ1n) is 5.80.